The molecule has 1 aromatic heterocycles. The molecule has 2 fully saturated rings. The molecule has 0 bridgehead atoms. The number of hydrogen-bond acceptors (Lipinski definition) is 4. The van der Waals surface area contributed by atoms with Crippen LogP contribution in [-0.4, -0.2) is 37.3 Å². The van der Waals surface area contributed by atoms with Crippen LogP contribution in [0.2, 0.25) is 0 Å². The predicted molar refractivity (Wildman–Crippen MR) is 72.4 cm³/mol. The van der Waals surface area contributed by atoms with Crippen LogP contribution in [0.3, 0.4) is 0 Å². The van der Waals surface area contributed by atoms with Crippen molar-refractivity contribution in [1.29, 1.82) is 0 Å². The molecule has 104 valence electrons. The average Bonchev–Trinajstić information content (AvgIpc) is 2.92. The highest BCUT2D eigenvalue weighted by Crippen LogP contribution is 2.31. The molecule has 1 aromatic rings. The Morgan fingerprint density at radius 3 is 2.84 bits per heavy atom. The van der Waals surface area contributed by atoms with Gasteiger partial charge in [-0.15, -0.1) is 11.3 Å². The van der Waals surface area contributed by atoms with E-state index in [0.29, 0.717) is 4.21 Å². The molecule has 1 aliphatic heterocycles. The topological polar surface area (TPSA) is 66.5 Å². The SMILES string of the molecule is O=C1CN(S(=O)(=O)c2cccs2)[C@@H]2CCCC[C@@H]2N1. The van der Waals surface area contributed by atoms with E-state index in [9.17, 15) is 13.2 Å². The Balaban J connectivity index is 1.95. The van der Waals surface area contributed by atoms with E-state index in [0.717, 1.165) is 25.7 Å². The largest absolute Gasteiger partial charge is 0.351 e. The van der Waals surface area contributed by atoms with Gasteiger partial charge < -0.3 is 5.32 Å². The minimum absolute atomic E-state index is 0.0234. The first kappa shape index (κ1) is 13.1. The molecule has 2 heterocycles. The number of rotatable bonds is 2. The highest BCUT2D eigenvalue weighted by Gasteiger charge is 2.42. The summed E-state index contributed by atoms with van der Waals surface area (Å²) in [5, 5.41) is 4.67. The molecule has 1 amide bonds. The van der Waals surface area contributed by atoms with Gasteiger partial charge in [0.2, 0.25) is 5.91 Å². The number of fused-ring (bicyclic) bond motifs is 1. The quantitative estimate of drug-likeness (QED) is 0.892. The number of thiophene rings is 1. The lowest BCUT2D eigenvalue weighted by molar-refractivity contribution is -0.125. The molecule has 1 N–H and O–H groups in total. The second kappa shape index (κ2) is 4.88. The summed E-state index contributed by atoms with van der Waals surface area (Å²) in [7, 11) is -3.53. The van der Waals surface area contributed by atoms with Crippen LogP contribution in [0.1, 0.15) is 25.7 Å². The Kier molecular flexibility index (Phi) is 3.36. The predicted octanol–water partition coefficient (Wildman–Crippen LogP) is 1.18. The van der Waals surface area contributed by atoms with E-state index in [4.69, 9.17) is 0 Å². The summed E-state index contributed by atoms with van der Waals surface area (Å²) in [6.07, 6.45) is 3.77. The van der Waals surface area contributed by atoms with Crippen molar-refractivity contribution in [3.05, 3.63) is 17.5 Å². The van der Waals surface area contributed by atoms with Crippen molar-refractivity contribution < 1.29 is 13.2 Å². The molecule has 19 heavy (non-hydrogen) atoms. The van der Waals surface area contributed by atoms with Gasteiger partial charge in [0.1, 0.15) is 4.21 Å². The zero-order chi connectivity index (χ0) is 13.5. The van der Waals surface area contributed by atoms with Gasteiger partial charge in [0.25, 0.3) is 10.0 Å². The summed E-state index contributed by atoms with van der Waals surface area (Å²) in [4.78, 5) is 11.7. The number of sulfonamides is 1. The first-order chi connectivity index (χ1) is 9.09. The van der Waals surface area contributed by atoms with Crippen molar-refractivity contribution in [3.63, 3.8) is 0 Å². The van der Waals surface area contributed by atoms with Crippen molar-refractivity contribution in [2.24, 2.45) is 0 Å². The third-order valence-corrected chi connectivity index (χ3v) is 7.05. The Labute approximate surface area is 116 Å². The van der Waals surface area contributed by atoms with E-state index in [1.54, 1.807) is 17.5 Å². The number of hydrogen-bond donors (Lipinski definition) is 1. The van der Waals surface area contributed by atoms with E-state index < -0.39 is 10.0 Å². The first-order valence-electron chi connectivity index (χ1n) is 6.44. The summed E-state index contributed by atoms with van der Waals surface area (Å²) in [6, 6.07) is 3.22. The highest BCUT2D eigenvalue weighted by atomic mass is 32.2. The number of nitrogens with one attached hydrogen (secondary N) is 1. The molecule has 3 rings (SSSR count). The van der Waals surface area contributed by atoms with Crippen molar-refractivity contribution in [3.8, 4) is 0 Å². The van der Waals surface area contributed by atoms with E-state index in [1.165, 1.54) is 15.6 Å². The van der Waals surface area contributed by atoms with Gasteiger partial charge in [0.15, 0.2) is 0 Å². The third-order valence-electron chi connectivity index (χ3n) is 3.80. The van der Waals surface area contributed by atoms with Crippen LogP contribution in [-0.2, 0) is 14.8 Å². The number of piperazine rings is 1. The standard InChI is InChI=1S/C12H16N2O3S2/c15-11-8-14(10-5-2-1-4-9(10)13-11)19(16,17)12-6-3-7-18-12/h3,6-7,9-10H,1-2,4-5,8H2,(H,13,15)/t9-,10+/m0/s1. The molecule has 7 heteroatoms. The van der Waals surface area contributed by atoms with Crippen molar-refractivity contribution in [2.45, 2.75) is 42.0 Å². The fraction of sp³-hybridized carbons (Fsp3) is 0.583. The number of carbonyl (C=O) groups is 1. The molecule has 2 aliphatic rings. The first-order valence-corrected chi connectivity index (χ1v) is 8.76. The molecule has 2 atom stereocenters. The van der Waals surface area contributed by atoms with E-state index in [2.05, 4.69) is 5.32 Å². The molecule has 0 radical (unpaired) electrons. The van der Waals surface area contributed by atoms with Gasteiger partial charge in [0.05, 0.1) is 6.54 Å². The maximum Gasteiger partial charge on any atom is 0.253 e. The smallest absolute Gasteiger partial charge is 0.253 e. The van der Waals surface area contributed by atoms with Crippen LogP contribution in [0, 0.1) is 0 Å². The van der Waals surface area contributed by atoms with Crippen LogP contribution in [0.15, 0.2) is 21.7 Å². The normalized spacial score (nSPS) is 28.7. The molecular formula is C12H16N2O3S2. The van der Waals surface area contributed by atoms with Gasteiger partial charge >= 0.3 is 0 Å². The van der Waals surface area contributed by atoms with Gasteiger partial charge in [-0.1, -0.05) is 18.9 Å². The van der Waals surface area contributed by atoms with E-state index >= 15 is 0 Å². The average molecular weight is 300 g/mol. The molecule has 5 nitrogen and oxygen atoms in total. The monoisotopic (exact) mass is 300 g/mol. The summed E-state index contributed by atoms with van der Waals surface area (Å²) < 4.78 is 26.9. The number of amides is 1. The van der Waals surface area contributed by atoms with Crippen LogP contribution in [0.5, 0.6) is 0 Å². The van der Waals surface area contributed by atoms with Crippen LogP contribution < -0.4 is 5.32 Å². The van der Waals surface area contributed by atoms with Crippen LogP contribution in [0.25, 0.3) is 0 Å². The Morgan fingerprint density at radius 1 is 1.32 bits per heavy atom. The lowest BCUT2D eigenvalue weighted by atomic mass is 9.89. The molecule has 0 spiro atoms. The molecule has 1 saturated heterocycles. The molecule has 1 saturated carbocycles. The molecule has 0 unspecified atom stereocenters. The summed E-state index contributed by atoms with van der Waals surface area (Å²) in [5.74, 6) is -0.191. The van der Waals surface area contributed by atoms with Gasteiger partial charge in [-0.05, 0) is 24.3 Å². The van der Waals surface area contributed by atoms with E-state index in [1.807, 2.05) is 0 Å². The molecule has 0 aromatic carbocycles. The molecular weight excluding hydrogens is 284 g/mol. The highest BCUT2D eigenvalue weighted by molar-refractivity contribution is 7.91. The van der Waals surface area contributed by atoms with Crippen LogP contribution in [0.4, 0.5) is 0 Å². The Morgan fingerprint density at radius 2 is 2.11 bits per heavy atom. The van der Waals surface area contributed by atoms with Gasteiger partial charge in [-0.3, -0.25) is 4.79 Å². The fourth-order valence-electron chi connectivity index (χ4n) is 2.92. The summed E-state index contributed by atoms with van der Waals surface area (Å²) in [6.45, 7) is -0.0542. The lowest BCUT2D eigenvalue weighted by Crippen LogP contribution is -2.62. The van der Waals surface area contributed by atoms with Gasteiger partial charge in [-0.25, -0.2) is 8.42 Å². The Bertz CT molecular complexity index is 568. The summed E-state index contributed by atoms with van der Waals surface area (Å²) >= 11 is 1.20. The van der Waals surface area contributed by atoms with Gasteiger partial charge in [0, 0.05) is 12.1 Å². The fourth-order valence-corrected chi connectivity index (χ4v) is 5.69. The third kappa shape index (κ3) is 2.30. The van der Waals surface area contributed by atoms with Crippen molar-refractivity contribution >= 4 is 27.3 Å². The molecule has 1 aliphatic carbocycles. The van der Waals surface area contributed by atoms with E-state index in [-0.39, 0.29) is 24.5 Å². The minimum atomic E-state index is -3.53. The van der Waals surface area contributed by atoms with Crippen molar-refractivity contribution in [2.75, 3.05) is 6.54 Å². The Hall–Kier alpha value is -0.920. The summed E-state index contributed by atoms with van der Waals surface area (Å²) in [5.41, 5.74) is 0. The van der Waals surface area contributed by atoms with Gasteiger partial charge in [-0.2, -0.15) is 4.31 Å². The lowest BCUT2D eigenvalue weighted by Gasteiger charge is -2.42. The maximum absolute atomic E-state index is 12.6. The van der Waals surface area contributed by atoms with Crippen LogP contribution >= 0.6 is 11.3 Å². The number of nitrogens with zero attached hydrogens (tertiary/aromatic N) is 1. The zero-order valence-corrected chi connectivity index (χ0v) is 12.0. The second-order valence-corrected chi connectivity index (χ2v) is 8.07. The van der Waals surface area contributed by atoms with Crippen molar-refractivity contribution in [1.82, 2.24) is 9.62 Å². The maximum atomic E-state index is 12.6. The minimum Gasteiger partial charge on any atom is -0.351 e. The zero-order valence-electron chi connectivity index (χ0n) is 10.4. The second-order valence-electron chi connectivity index (χ2n) is 5.01. The number of carbonyl (C=O) groups excluding carboxylic acids is 1.